The molecule has 3 aromatic carbocycles. The zero-order valence-corrected chi connectivity index (χ0v) is 47.3. The van der Waals surface area contributed by atoms with Crippen molar-refractivity contribution in [1.82, 2.24) is 50.4 Å². The van der Waals surface area contributed by atoms with Gasteiger partial charge in [-0.25, -0.2) is 14.4 Å². The number of ether oxygens (including phenoxy) is 4. The molecule has 1 aliphatic carbocycles. The number of nitrogens with zero attached hydrogens (tertiary/aromatic N) is 8. The Kier molecular flexibility index (Phi) is 19.0. The Morgan fingerprint density at radius 3 is 2.49 bits per heavy atom. The molecule has 5 N–H and O–H groups in total. The number of nitrogen functional groups attached to an aromatic ring is 1. The van der Waals surface area contributed by atoms with Crippen molar-refractivity contribution in [2.45, 2.75) is 117 Å². The molecule has 4 heterocycles. The quantitative estimate of drug-likeness (QED) is 0.0775. The molecular weight excluding hydrogens is 1040 g/mol. The average molecular weight is 1110 g/mol. The first-order chi connectivity index (χ1) is 38.8. The van der Waals surface area contributed by atoms with E-state index in [2.05, 4.69) is 49.2 Å². The Hall–Kier alpha value is -8.00. The third-order valence-corrected chi connectivity index (χ3v) is 15.1. The summed E-state index contributed by atoms with van der Waals surface area (Å²) in [7, 11) is 4.92. The second-order valence-electron chi connectivity index (χ2n) is 21.8. The number of anilines is 1. The molecule has 0 radical (unpaired) electrons. The Morgan fingerprint density at radius 1 is 0.988 bits per heavy atom. The molecule has 0 saturated heterocycles. The number of amides is 5. The summed E-state index contributed by atoms with van der Waals surface area (Å²) in [5.74, 6) is -1.60. The number of nitriles is 1. The van der Waals surface area contributed by atoms with Crippen molar-refractivity contribution in [2.24, 2.45) is 5.41 Å². The van der Waals surface area contributed by atoms with Crippen LogP contribution in [0.25, 0.3) is 11.3 Å². The van der Waals surface area contributed by atoms with Crippen LogP contribution in [0.5, 0.6) is 11.6 Å². The highest BCUT2D eigenvalue weighted by atomic mass is 19.1. The van der Waals surface area contributed by atoms with Gasteiger partial charge in [0.2, 0.25) is 23.6 Å². The van der Waals surface area contributed by atoms with E-state index >= 15 is 0 Å². The number of aromatic nitrogens is 4. The molecule has 1 unspecified atom stereocenters. The SMILES string of the molecule is CN[C@H](C)C(=O)N[C@@H](C(=O)N1Cc2cc(OCCOCCOCCC(=O)N(C)CCn3nc(C#N)c4c3CN(C)C(=O)c3ccc(F)cc3[C@@H](C)Oc3nc-4cnc3N)ccc2C[C@@H]1C(=O)NC1CCCc2ccccc21)C(C)(C)C. The van der Waals surface area contributed by atoms with Gasteiger partial charge in [-0.15, -0.1) is 0 Å². The summed E-state index contributed by atoms with van der Waals surface area (Å²) >= 11 is 0. The number of rotatable bonds is 19. The first-order valence-corrected chi connectivity index (χ1v) is 27.4. The van der Waals surface area contributed by atoms with Crippen molar-refractivity contribution < 1.29 is 47.3 Å². The Balaban J connectivity index is 0.825. The third kappa shape index (κ3) is 14.0. The van der Waals surface area contributed by atoms with Gasteiger partial charge in [-0.2, -0.15) is 10.4 Å². The normalized spacial score (nSPS) is 17.5. The number of hydrogen-bond acceptors (Lipinski definition) is 15. The molecule has 0 saturated carbocycles. The highest BCUT2D eigenvalue weighted by molar-refractivity contribution is 5.96. The number of nitrogens with one attached hydrogen (secondary N) is 3. The molecule has 3 aliphatic rings. The van der Waals surface area contributed by atoms with E-state index in [0.29, 0.717) is 17.0 Å². The number of aryl methyl sites for hydroxylation is 1. The minimum absolute atomic E-state index is 0.0207. The zero-order chi connectivity index (χ0) is 58.1. The van der Waals surface area contributed by atoms with Gasteiger partial charge in [-0.05, 0) is 98.2 Å². The van der Waals surface area contributed by atoms with Crippen molar-refractivity contribution in [3.05, 3.63) is 117 Å². The number of benzene rings is 3. The van der Waals surface area contributed by atoms with Gasteiger partial charge >= 0.3 is 0 Å². The van der Waals surface area contributed by atoms with Crippen molar-refractivity contribution >= 4 is 35.4 Å². The number of carbonyl (C=O) groups excluding carboxylic acids is 5. The summed E-state index contributed by atoms with van der Waals surface area (Å²) in [6, 6.07) is 17.3. The van der Waals surface area contributed by atoms with Gasteiger partial charge in [0.05, 0.1) is 81.2 Å². The third-order valence-electron chi connectivity index (χ3n) is 15.1. The van der Waals surface area contributed by atoms with Crippen LogP contribution in [0.15, 0.2) is 66.9 Å². The Labute approximate surface area is 471 Å². The largest absolute Gasteiger partial charge is 0.491 e. The Morgan fingerprint density at radius 2 is 1.74 bits per heavy atom. The van der Waals surface area contributed by atoms with Gasteiger partial charge < -0.3 is 55.3 Å². The van der Waals surface area contributed by atoms with E-state index in [0.717, 1.165) is 36.0 Å². The van der Waals surface area contributed by atoms with Crippen molar-refractivity contribution in [1.29, 1.82) is 5.26 Å². The molecule has 5 amide bonds. The van der Waals surface area contributed by atoms with Crippen LogP contribution < -0.4 is 31.2 Å². The van der Waals surface area contributed by atoms with E-state index in [1.54, 1.807) is 44.6 Å². The molecule has 81 heavy (non-hydrogen) atoms. The number of halogens is 1. The van der Waals surface area contributed by atoms with E-state index in [4.69, 9.17) is 24.7 Å². The van der Waals surface area contributed by atoms with E-state index in [-0.39, 0.29) is 136 Å². The predicted octanol–water partition coefficient (Wildman–Crippen LogP) is 5.21. The molecule has 0 spiro atoms. The number of fused-ring (bicyclic) bond motifs is 7. The van der Waals surface area contributed by atoms with Gasteiger partial charge in [0.1, 0.15) is 42.4 Å². The van der Waals surface area contributed by atoms with E-state index < -0.39 is 41.4 Å². The number of likely N-dealkylation sites (N-methyl/N-ethyl adjacent to an activating group) is 2. The molecule has 5 aromatic rings. The highest BCUT2D eigenvalue weighted by Gasteiger charge is 2.43. The zero-order valence-electron chi connectivity index (χ0n) is 47.3. The monoisotopic (exact) mass is 1110 g/mol. The fraction of sp³-hybridized carbons (Fsp3) is 0.475. The summed E-state index contributed by atoms with van der Waals surface area (Å²) in [6.07, 6.45) is 3.60. The maximum Gasteiger partial charge on any atom is 0.258 e. The fourth-order valence-electron chi connectivity index (χ4n) is 10.3. The van der Waals surface area contributed by atoms with Crippen molar-refractivity contribution in [3.63, 3.8) is 0 Å². The lowest BCUT2D eigenvalue weighted by Gasteiger charge is -2.41. The molecule has 430 valence electrons. The first-order valence-electron chi connectivity index (χ1n) is 27.4. The van der Waals surface area contributed by atoms with Crippen LogP contribution in [0.4, 0.5) is 10.2 Å². The lowest BCUT2D eigenvalue weighted by atomic mass is 9.83. The van der Waals surface area contributed by atoms with Crippen LogP contribution in [0.1, 0.15) is 116 Å². The van der Waals surface area contributed by atoms with Crippen LogP contribution >= 0.6 is 0 Å². The molecule has 5 atom stereocenters. The molecule has 2 aromatic heterocycles. The Bertz CT molecular complexity index is 3170. The van der Waals surface area contributed by atoms with Gasteiger partial charge in [-0.3, -0.25) is 28.7 Å². The summed E-state index contributed by atoms with van der Waals surface area (Å²) in [5, 5.41) is 24.0. The molecule has 21 nitrogen and oxygen atoms in total. The lowest BCUT2D eigenvalue weighted by Crippen LogP contribution is -2.62. The van der Waals surface area contributed by atoms with Gasteiger partial charge in [0.15, 0.2) is 11.5 Å². The smallest absolute Gasteiger partial charge is 0.258 e. The lowest BCUT2D eigenvalue weighted by molar-refractivity contribution is -0.147. The van der Waals surface area contributed by atoms with Gasteiger partial charge in [0.25, 0.3) is 11.8 Å². The second kappa shape index (κ2) is 26.1. The second-order valence-corrected chi connectivity index (χ2v) is 21.8. The summed E-state index contributed by atoms with van der Waals surface area (Å²) in [5.41, 5.74) is 11.1. The average Bonchev–Trinajstić information content (AvgIpc) is 4.10. The molecular formula is C59H73FN12O9. The maximum atomic E-state index is 14.7. The molecule has 2 aliphatic heterocycles. The number of carbonyl (C=O) groups is 5. The summed E-state index contributed by atoms with van der Waals surface area (Å²) in [6.45, 7) is 10.6. The van der Waals surface area contributed by atoms with E-state index in [9.17, 15) is 33.6 Å². The fourth-order valence-corrected chi connectivity index (χ4v) is 10.3. The highest BCUT2D eigenvalue weighted by Crippen LogP contribution is 2.36. The maximum absolute atomic E-state index is 14.7. The minimum Gasteiger partial charge on any atom is -0.491 e. The molecule has 8 rings (SSSR count). The van der Waals surface area contributed by atoms with E-state index in [1.165, 1.54) is 39.8 Å². The van der Waals surface area contributed by atoms with Gasteiger partial charge in [0, 0.05) is 44.7 Å². The molecule has 0 fully saturated rings. The predicted molar refractivity (Wildman–Crippen MR) is 298 cm³/mol. The van der Waals surface area contributed by atoms with Crippen LogP contribution in [0.3, 0.4) is 0 Å². The number of nitrogens with two attached hydrogens (primary N) is 1. The standard InChI is InChI=1S/C59H73FN12O9/c1-35(63-6)54(74)67-52(59(3,4)5)58(77)71-33-39-28-41(18-16-38(39)29-48(71)55(75)65-45-15-11-13-37-12-9-10-14-42(37)45)80-27-26-79-25-24-78-23-20-50(73)69(7)21-22-72-49-34-70(8)57(76)43-19-17-40(60)30-44(43)36(2)81-56-53(62)64-32-47(66-56)51(49)46(31-61)68-72/h9-10,12,14,16-19,28,30,32,35-36,45,48,52,63H,11,13,15,20-27,29,33-34H2,1-8H3,(H2,62,64)(H,65,75)(H,67,74)/t35-,36-,45?,48-,52+/m1/s1. The molecule has 2 bridgehead atoms. The minimum atomic E-state index is -0.912. The first kappa shape index (κ1) is 59.1. The number of hydrogen-bond donors (Lipinski definition) is 4. The van der Waals surface area contributed by atoms with Gasteiger partial charge in [-0.1, -0.05) is 51.1 Å². The van der Waals surface area contributed by atoms with Crippen molar-refractivity contribution in [3.8, 4) is 29.0 Å². The van der Waals surface area contributed by atoms with E-state index in [1.807, 2.05) is 51.1 Å². The van der Waals surface area contributed by atoms with Crippen LogP contribution in [0.2, 0.25) is 0 Å². The summed E-state index contributed by atoms with van der Waals surface area (Å²) < 4.78 is 39.7. The topological polar surface area (TPSA) is 261 Å². The van der Waals surface area contributed by atoms with Crippen LogP contribution in [-0.2, 0) is 61.1 Å². The van der Waals surface area contributed by atoms with Crippen molar-refractivity contribution in [2.75, 3.05) is 66.5 Å². The van der Waals surface area contributed by atoms with Crippen LogP contribution in [0, 0.1) is 22.6 Å². The molecule has 22 heteroatoms. The van der Waals surface area contributed by atoms with Crippen LogP contribution in [-0.4, -0.2) is 143 Å². The summed E-state index contributed by atoms with van der Waals surface area (Å²) in [4.78, 5) is 83.0.